The van der Waals surface area contributed by atoms with Crippen molar-refractivity contribution in [3.8, 4) is 0 Å². The summed E-state index contributed by atoms with van der Waals surface area (Å²) in [6, 6.07) is 8.64. The third-order valence-electron chi connectivity index (χ3n) is 3.74. The molecule has 20 heavy (non-hydrogen) atoms. The van der Waals surface area contributed by atoms with Gasteiger partial charge in [0.15, 0.2) is 0 Å². The van der Waals surface area contributed by atoms with E-state index in [4.69, 9.17) is 10.8 Å². The Kier molecular flexibility index (Phi) is 5.86. The summed E-state index contributed by atoms with van der Waals surface area (Å²) >= 11 is 3.58. The molecule has 0 saturated heterocycles. The molecule has 4 nitrogen and oxygen atoms in total. The molecule has 1 aliphatic rings. The van der Waals surface area contributed by atoms with Gasteiger partial charge in [-0.1, -0.05) is 53.4 Å². The number of benzene rings is 1. The minimum Gasteiger partial charge on any atom is -0.341 e. The number of nitrogens with one attached hydrogen (secondary N) is 1. The fourth-order valence-electron chi connectivity index (χ4n) is 2.59. The highest BCUT2D eigenvalue weighted by molar-refractivity contribution is 9.10. The number of hydrazine groups is 1. The first-order valence-electron chi connectivity index (χ1n) is 7.19. The highest BCUT2D eigenvalue weighted by Crippen LogP contribution is 2.21. The predicted molar refractivity (Wildman–Crippen MR) is 87.2 cm³/mol. The number of rotatable bonds is 3. The van der Waals surface area contributed by atoms with E-state index in [2.05, 4.69) is 38.4 Å². The first-order chi connectivity index (χ1) is 9.70. The van der Waals surface area contributed by atoms with Gasteiger partial charge in [0.2, 0.25) is 5.96 Å². The molecule has 1 aliphatic carbocycles. The van der Waals surface area contributed by atoms with Crippen LogP contribution in [0.5, 0.6) is 0 Å². The lowest BCUT2D eigenvalue weighted by Gasteiger charge is -2.25. The van der Waals surface area contributed by atoms with Crippen LogP contribution < -0.4 is 11.3 Å². The lowest BCUT2D eigenvalue weighted by atomic mass is 9.96. The number of hydrogen-bond acceptors (Lipinski definition) is 2. The minimum absolute atomic E-state index is 0.413. The Morgan fingerprint density at radius 2 is 2.05 bits per heavy atom. The summed E-state index contributed by atoms with van der Waals surface area (Å²) in [5.74, 6) is 6.42. The van der Waals surface area contributed by atoms with Crippen molar-refractivity contribution >= 4 is 21.9 Å². The van der Waals surface area contributed by atoms with Gasteiger partial charge >= 0.3 is 0 Å². The van der Waals surface area contributed by atoms with Crippen LogP contribution in [0, 0.1) is 0 Å². The van der Waals surface area contributed by atoms with Crippen molar-refractivity contribution in [1.29, 1.82) is 0 Å². The highest BCUT2D eigenvalue weighted by Gasteiger charge is 2.15. The van der Waals surface area contributed by atoms with Crippen LogP contribution in [0.15, 0.2) is 33.7 Å². The molecule has 0 heterocycles. The second-order valence-electron chi connectivity index (χ2n) is 5.34. The maximum Gasteiger partial charge on any atom is 0.208 e. The summed E-state index contributed by atoms with van der Waals surface area (Å²) in [7, 11) is 2.01. The number of nitrogens with two attached hydrogens (primary N) is 1. The molecule has 1 aromatic rings. The lowest BCUT2D eigenvalue weighted by Crippen LogP contribution is -2.43. The quantitative estimate of drug-likeness (QED) is 0.385. The maximum atomic E-state index is 5.65. The molecule has 0 spiro atoms. The van der Waals surface area contributed by atoms with E-state index in [1.54, 1.807) is 0 Å². The standard InChI is InChI=1S/C15H23BrN4/c1-20(11-12-7-5-6-10-14(12)16)15(19-17)18-13-8-3-2-4-9-13/h5-7,10,13H,2-4,8-9,11,17H2,1H3,(H,18,19). The van der Waals surface area contributed by atoms with E-state index in [1.165, 1.54) is 37.7 Å². The summed E-state index contributed by atoms with van der Waals surface area (Å²) in [4.78, 5) is 6.84. The van der Waals surface area contributed by atoms with Crippen molar-refractivity contribution in [3.05, 3.63) is 34.3 Å². The number of halogens is 1. The zero-order valence-corrected chi connectivity index (χ0v) is 13.6. The van der Waals surface area contributed by atoms with Crippen LogP contribution in [0.2, 0.25) is 0 Å². The molecule has 0 atom stereocenters. The van der Waals surface area contributed by atoms with Gasteiger partial charge in [-0.25, -0.2) is 10.8 Å². The van der Waals surface area contributed by atoms with Crippen LogP contribution in [-0.4, -0.2) is 23.9 Å². The Balaban J connectivity index is 2.03. The normalized spacial score (nSPS) is 17.1. The number of nitrogens with zero attached hydrogens (tertiary/aromatic N) is 2. The Bertz CT molecular complexity index is 455. The summed E-state index contributed by atoms with van der Waals surface area (Å²) in [6.45, 7) is 0.775. The monoisotopic (exact) mass is 338 g/mol. The van der Waals surface area contributed by atoms with E-state index in [0.29, 0.717) is 6.04 Å². The van der Waals surface area contributed by atoms with Crippen LogP contribution in [0.4, 0.5) is 0 Å². The van der Waals surface area contributed by atoms with Gasteiger partial charge in [-0.15, -0.1) is 0 Å². The van der Waals surface area contributed by atoms with Gasteiger partial charge < -0.3 is 4.90 Å². The molecule has 1 fully saturated rings. The Labute approximate surface area is 129 Å². The molecule has 0 bridgehead atoms. The summed E-state index contributed by atoms with van der Waals surface area (Å²) in [5, 5.41) is 0. The van der Waals surface area contributed by atoms with Gasteiger partial charge in [0.25, 0.3) is 0 Å². The maximum absolute atomic E-state index is 5.65. The smallest absolute Gasteiger partial charge is 0.208 e. The molecule has 0 amide bonds. The molecule has 110 valence electrons. The highest BCUT2D eigenvalue weighted by atomic mass is 79.9. The van der Waals surface area contributed by atoms with Gasteiger partial charge in [-0.05, 0) is 24.5 Å². The van der Waals surface area contributed by atoms with Gasteiger partial charge in [-0.3, -0.25) is 5.43 Å². The average Bonchev–Trinajstić information content (AvgIpc) is 2.48. The fourth-order valence-corrected chi connectivity index (χ4v) is 3.00. The lowest BCUT2D eigenvalue weighted by molar-refractivity contribution is 0.423. The molecule has 5 heteroatoms. The first kappa shape index (κ1) is 15.3. The van der Waals surface area contributed by atoms with Crippen molar-refractivity contribution in [2.24, 2.45) is 10.8 Å². The molecule has 2 rings (SSSR count). The van der Waals surface area contributed by atoms with Crippen molar-refractivity contribution < 1.29 is 0 Å². The second kappa shape index (κ2) is 7.64. The molecule has 1 aromatic carbocycles. The average molecular weight is 339 g/mol. The van der Waals surface area contributed by atoms with Crippen LogP contribution in [0.3, 0.4) is 0 Å². The molecular weight excluding hydrogens is 316 g/mol. The van der Waals surface area contributed by atoms with Gasteiger partial charge in [0, 0.05) is 18.1 Å². The van der Waals surface area contributed by atoms with Crippen molar-refractivity contribution in [2.75, 3.05) is 7.05 Å². The molecule has 0 unspecified atom stereocenters. The summed E-state index contributed by atoms with van der Waals surface area (Å²) < 4.78 is 1.11. The van der Waals surface area contributed by atoms with Crippen LogP contribution >= 0.6 is 15.9 Å². The van der Waals surface area contributed by atoms with E-state index in [0.717, 1.165) is 17.0 Å². The van der Waals surface area contributed by atoms with Gasteiger partial charge in [-0.2, -0.15) is 0 Å². The molecule has 0 radical (unpaired) electrons. The third-order valence-corrected chi connectivity index (χ3v) is 4.51. The zero-order valence-electron chi connectivity index (χ0n) is 12.0. The van der Waals surface area contributed by atoms with Gasteiger partial charge in [0.05, 0.1) is 6.04 Å². The van der Waals surface area contributed by atoms with Crippen molar-refractivity contribution in [3.63, 3.8) is 0 Å². The molecule has 0 aliphatic heterocycles. The zero-order chi connectivity index (χ0) is 14.4. The first-order valence-corrected chi connectivity index (χ1v) is 7.99. The predicted octanol–water partition coefficient (Wildman–Crippen LogP) is 3.03. The number of aliphatic imine (C=N–C) groups is 1. The largest absolute Gasteiger partial charge is 0.341 e. The second-order valence-corrected chi connectivity index (χ2v) is 6.19. The van der Waals surface area contributed by atoms with Crippen LogP contribution in [0.1, 0.15) is 37.7 Å². The van der Waals surface area contributed by atoms with E-state index < -0.39 is 0 Å². The topological polar surface area (TPSA) is 53.6 Å². The molecule has 0 aromatic heterocycles. The fraction of sp³-hybridized carbons (Fsp3) is 0.533. The van der Waals surface area contributed by atoms with Crippen molar-refractivity contribution in [2.45, 2.75) is 44.7 Å². The molecular formula is C15H23BrN4. The van der Waals surface area contributed by atoms with Gasteiger partial charge in [0.1, 0.15) is 0 Å². The molecule has 3 N–H and O–H groups in total. The van der Waals surface area contributed by atoms with E-state index in [-0.39, 0.29) is 0 Å². The summed E-state index contributed by atoms with van der Waals surface area (Å²) in [6.07, 6.45) is 6.24. The molecule has 1 saturated carbocycles. The Morgan fingerprint density at radius 3 is 2.70 bits per heavy atom. The van der Waals surface area contributed by atoms with E-state index in [1.807, 2.05) is 19.2 Å². The van der Waals surface area contributed by atoms with E-state index >= 15 is 0 Å². The van der Waals surface area contributed by atoms with Crippen molar-refractivity contribution in [1.82, 2.24) is 10.3 Å². The Hall–Kier alpha value is -1.07. The SMILES string of the molecule is CN(Cc1ccccc1Br)C(=NC1CCCCC1)NN. The van der Waals surface area contributed by atoms with E-state index in [9.17, 15) is 0 Å². The number of guanidine groups is 1. The van der Waals surface area contributed by atoms with Crippen LogP contribution in [-0.2, 0) is 6.54 Å². The Morgan fingerprint density at radius 1 is 1.35 bits per heavy atom. The summed E-state index contributed by atoms with van der Waals surface area (Å²) in [5.41, 5.74) is 3.97. The van der Waals surface area contributed by atoms with Crippen LogP contribution in [0.25, 0.3) is 0 Å². The number of hydrogen-bond donors (Lipinski definition) is 2. The minimum atomic E-state index is 0.413. The third kappa shape index (κ3) is 4.21.